The van der Waals surface area contributed by atoms with Gasteiger partial charge in [-0.3, -0.25) is 0 Å². The van der Waals surface area contributed by atoms with Crippen molar-refractivity contribution in [2.45, 2.75) is 32.3 Å². The lowest BCUT2D eigenvalue weighted by atomic mass is 9.98. The Kier molecular flexibility index (Phi) is 5.41. The summed E-state index contributed by atoms with van der Waals surface area (Å²) in [5.41, 5.74) is 2.57. The van der Waals surface area contributed by atoms with Crippen LogP contribution in [-0.4, -0.2) is 6.61 Å². The van der Waals surface area contributed by atoms with Crippen LogP contribution in [-0.2, 0) is 24.0 Å². The molecule has 1 atom stereocenters. The summed E-state index contributed by atoms with van der Waals surface area (Å²) >= 11 is 0. The number of benzene rings is 3. The van der Waals surface area contributed by atoms with E-state index in [2.05, 4.69) is 0 Å². The second-order valence-electron chi connectivity index (χ2n) is 7.21. The summed E-state index contributed by atoms with van der Waals surface area (Å²) in [4.78, 5) is 0. The summed E-state index contributed by atoms with van der Waals surface area (Å²) in [5.74, 6) is -3.34. The topological polar surface area (TPSA) is 12.5 Å². The summed E-state index contributed by atoms with van der Waals surface area (Å²) in [6.07, 6.45) is 0.954. The Balaban J connectivity index is 1.49. The maximum absolute atomic E-state index is 14.4. The fraction of sp³-hybridized carbons (Fsp3) is 0.250. The number of epoxide rings is 1. The molecule has 0 aliphatic carbocycles. The first kappa shape index (κ1) is 19.6. The van der Waals surface area contributed by atoms with Crippen molar-refractivity contribution in [3.8, 4) is 11.1 Å². The highest BCUT2D eigenvalue weighted by Crippen LogP contribution is 2.35. The van der Waals surface area contributed by atoms with Gasteiger partial charge in [0.15, 0.2) is 23.3 Å². The fourth-order valence-electron chi connectivity index (χ4n) is 3.49. The van der Waals surface area contributed by atoms with Crippen LogP contribution in [0.5, 0.6) is 0 Å². The molecule has 150 valence electrons. The predicted octanol–water partition coefficient (Wildman–Crippen LogP) is 6.33. The molecule has 0 spiro atoms. The second kappa shape index (κ2) is 7.99. The van der Waals surface area contributed by atoms with Gasteiger partial charge in [-0.05, 0) is 41.5 Å². The molecule has 3 aromatic rings. The van der Waals surface area contributed by atoms with Crippen LogP contribution in [0.2, 0.25) is 0 Å². The summed E-state index contributed by atoms with van der Waals surface area (Å²) in [7, 11) is 0. The minimum Gasteiger partial charge on any atom is -0.368 e. The average molecular weight is 400 g/mol. The van der Waals surface area contributed by atoms with Crippen LogP contribution in [0.4, 0.5) is 17.6 Å². The van der Waals surface area contributed by atoms with Gasteiger partial charge in [-0.25, -0.2) is 17.6 Å². The molecule has 5 heteroatoms. The van der Waals surface area contributed by atoms with E-state index in [1.54, 1.807) is 55.5 Å². The molecule has 29 heavy (non-hydrogen) atoms. The fourth-order valence-corrected chi connectivity index (χ4v) is 3.49. The van der Waals surface area contributed by atoms with Gasteiger partial charge >= 0.3 is 0 Å². The highest BCUT2D eigenvalue weighted by Gasteiger charge is 2.30. The number of rotatable bonds is 6. The first-order valence-corrected chi connectivity index (χ1v) is 9.64. The maximum atomic E-state index is 14.4. The minimum absolute atomic E-state index is 0.182. The zero-order chi connectivity index (χ0) is 20.5. The van der Waals surface area contributed by atoms with Gasteiger partial charge in [-0.1, -0.05) is 55.5 Å². The summed E-state index contributed by atoms with van der Waals surface area (Å²) in [6.45, 7) is 2.19. The van der Waals surface area contributed by atoms with Crippen molar-refractivity contribution in [2.75, 3.05) is 6.61 Å². The number of ether oxygens (including phenoxy) is 1. The Bertz CT molecular complexity index is 1040. The molecule has 1 aliphatic rings. The summed E-state index contributed by atoms with van der Waals surface area (Å²) < 4.78 is 61.8. The van der Waals surface area contributed by atoms with Crippen molar-refractivity contribution in [1.82, 2.24) is 0 Å². The molecule has 0 bridgehead atoms. The normalized spacial score (nSPS) is 15.6. The van der Waals surface area contributed by atoms with Crippen molar-refractivity contribution in [1.29, 1.82) is 0 Å². The van der Waals surface area contributed by atoms with Crippen LogP contribution in [0, 0.1) is 23.3 Å². The second-order valence-corrected chi connectivity index (χ2v) is 7.21. The lowest BCUT2D eigenvalue weighted by molar-refractivity contribution is 0.401. The van der Waals surface area contributed by atoms with Crippen LogP contribution in [0.1, 0.15) is 35.3 Å². The van der Waals surface area contributed by atoms with Crippen LogP contribution >= 0.6 is 0 Å². The van der Waals surface area contributed by atoms with Crippen molar-refractivity contribution >= 4 is 0 Å². The minimum atomic E-state index is -0.890. The molecule has 0 radical (unpaired) electrons. The Morgan fingerprint density at radius 1 is 0.759 bits per heavy atom. The molecular formula is C24H20F4O. The van der Waals surface area contributed by atoms with Gasteiger partial charge in [0.05, 0.1) is 6.61 Å². The van der Waals surface area contributed by atoms with Gasteiger partial charge in [0, 0.05) is 11.1 Å². The summed E-state index contributed by atoms with van der Waals surface area (Å²) in [6, 6.07) is 13.3. The number of hydrogen-bond acceptors (Lipinski definition) is 1. The molecule has 1 fully saturated rings. The number of aryl methyl sites for hydroxylation is 3. The molecular weight excluding hydrogens is 380 g/mol. The molecule has 1 unspecified atom stereocenters. The number of halogens is 4. The molecule has 0 amide bonds. The van der Waals surface area contributed by atoms with E-state index in [-0.39, 0.29) is 17.2 Å². The first-order chi connectivity index (χ1) is 14.0. The van der Waals surface area contributed by atoms with E-state index in [1.807, 2.05) is 0 Å². The van der Waals surface area contributed by atoms with Crippen molar-refractivity contribution < 1.29 is 22.3 Å². The maximum Gasteiger partial charge on any atom is 0.167 e. The average Bonchev–Trinajstić information content (AvgIpc) is 3.57. The molecule has 1 saturated heterocycles. The van der Waals surface area contributed by atoms with Crippen LogP contribution < -0.4 is 0 Å². The molecule has 0 N–H and O–H groups in total. The van der Waals surface area contributed by atoms with Crippen LogP contribution in [0.3, 0.4) is 0 Å². The van der Waals surface area contributed by atoms with Gasteiger partial charge in [-0.2, -0.15) is 0 Å². The zero-order valence-electron chi connectivity index (χ0n) is 15.9. The van der Waals surface area contributed by atoms with E-state index in [9.17, 15) is 17.6 Å². The van der Waals surface area contributed by atoms with E-state index >= 15 is 0 Å². The SMILES string of the molecule is CCc1ccc(CCc2ccc(-c3ccc(C4CO4)c(F)c3F)cc2)c(F)c1F. The molecule has 0 saturated carbocycles. The van der Waals surface area contributed by atoms with E-state index in [0.717, 1.165) is 5.56 Å². The monoisotopic (exact) mass is 400 g/mol. The standard InChI is InChI=1S/C24H20F4O/c1-2-15-9-10-17(22(26)21(15)25)8-5-14-3-6-16(7-4-14)18-11-12-19(20-13-29-20)24(28)23(18)27/h3-4,6-7,9-12,20H,2,5,8,13H2,1H3. The van der Waals surface area contributed by atoms with Crippen molar-refractivity contribution in [2.24, 2.45) is 0 Å². The van der Waals surface area contributed by atoms with E-state index in [1.165, 1.54) is 0 Å². The highest BCUT2D eigenvalue weighted by atomic mass is 19.2. The zero-order valence-corrected chi connectivity index (χ0v) is 15.9. The van der Waals surface area contributed by atoms with Crippen LogP contribution in [0.25, 0.3) is 11.1 Å². The highest BCUT2D eigenvalue weighted by molar-refractivity contribution is 5.65. The molecule has 1 heterocycles. The Morgan fingerprint density at radius 3 is 2.07 bits per heavy atom. The van der Waals surface area contributed by atoms with Gasteiger partial charge in [0.25, 0.3) is 0 Å². The molecule has 1 nitrogen and oxygen atoms in total. The quantitative estimate of drug-likeness (QED) is 0.348. The van der Waals surface area contributed by atoms with Gasteiger partial charge < -0.3 is 4.74 Å². The van der Waals surface area contributed by atoms with Gasteiger partial charge in [0.2, 0.25) is 0 Å². The van der Waals surface area contributed by atoms with Crippen molar-refractivity contribution in [3.05, 3.63) is 94.1 Å². The molecule has 3 aromatic carbocycles. The van der Waals surface area contributed by atoms with E-state index in [4.69, 9.17) is 4.74 Å². The van der Waals surface area contributed by atoms with E-state index < -0.39 is 23.3 Å². The van der Waals surface area contributed by atoms with Gasteiger partial charge in [0.1, 0.15) is 6.10 Å². The summed E-state index contributed by atoms with van der Waals surface area (Å²) in [5, 5.41) is 0. The molecule has 1 aliphatic heterocycles. The Hall–Kier alpha value is -2.66. The molecule has 0 aromatic heterocycles. The van der Waals surface area contributed by atoms with Crippen molar-refractivity contribution in [3.63, 3.8) is 0 Å². The smallest absolute Gasteiger partial charge is 0.167 e. The third kappa shape index (κ3) is 3.92. The third-order valence-electron chi connectivity index (χ3n) is 5.36. The number of hydrogen-bond donors (Lipinski definition) is 0. The molecule has 4 rings (SSSR count). The first-order valence-electron chi connectivity index (χ1n) is 9.64. The Morgan fingerprint density at radius 2 is 1.41 bits per heavy atom. The third-order valence-corrected chi connectivity index (χ3v) is 5.36. The Labute approximate surface area is 167 Å². The van der Waals surface area contributed by atoms with Gasteiger partial charge in [-0.15, -0.1) is 0 Å². The lowest BCUT2D eigenvalue weighted by Crippen LogP contribution is -2.01. The van der Waals surface area contributed by atoms with Crippen LogP contribution in [0.15, 0.2) is 48.5 Å². The lowest BCUT2D eigenvalue weighted by Gasteiger charge is -2.10. The van der Waals surface area contributed by atoms with E-state index in [0.29, 0.717) is 42.6 Å². The predicted molar refractivity (Wildman–Crippen MR) is 104 cm³/mol. The largest absolute Gasteiger partial charge is 0.368 e.